The molecule has 18 heavy (non-hydrogen) atoms. The molecule has 1 aliphatic rings. The Hall–Kier alpha value is -1.00. The van der Waals surface area contributed by atoms with Crippen molar-refractivity contribution in [3.63, 3.8) is 0 Å². The van der Waals surface area contributed by atoms with Crippen molar-refractivity contribution in [2.45, 2.75) is 25.3 Å². The maximum Gasteiger partial charge on any atom is 0.163 e. The molecule has 1 aliphatic carbocycles. The van der Waals surface area contributed by atoms with Crippen LogP contribution in [0.1, 0.15) is 30.9 Å². The van der Waals surface area contributed by atoms with Crippen LogP contribution in [0, 0.1) is 11.7 Å². The van der Waals surface area contributed by atoms with Gasteiger partial charge < -0.3 is 15.2 Å². The van der Waals surface area contributed by atoms with Crippen molar-refractivity contribution in [1.29, 1.82) is 0 Å². The van der Waals surface area contributed by atoms with Crippen molar-refractivity contribution in [2.24, 2.45) is 11.7 Å². The van der Waals surface area contributed by atoms with Gasteiger partial charge in [-0.3, -0.25) is 0 Å². The predicted octanol–water partition coefficient (Wildman–Crippen LogP) is 3.06. The molecule has 1 aromatic carbocycles. The second kappa shape index (κ2) is 6.25. The first-order valence-corrected chi connectivity index (χ1v) is 5.82. The average molecular weight is 276 g/mol. The molecular weight excluding hydrogens is 257 g/mol. The number of nitrogens with two attached hydrogens (primary N) is 1. The van der Waals surface area contributed by atoms with Gasteiger partial charge in [0, 0.05) is 17.7 Å². The molecule has 1 atom stereocenters. The summed E-state index contributed by atoms with van der Waals surface area (Å²) < 4.78 is 24.1. The number of methoxy groups -OCH3 is 2. The van der Waals surface area contributed by atoms with Gasteiger partial charge in [-0.05, 0) is 18.4 Å². The zero-order valence-corrected chi connectivity index (χ0v) is 11.4. The van der Waals surface area contributed by atoms with Gasteiger partial charge in [-0.25, -0.2) is 4.39 Å². The summed E-state index contributed by atoms with van der Waals surface area (Å²) in [5.41, 5.74) is 6.52. The normalized spacial score (nSPS) is 15.8. The summed E-state index contributed by atoms with van der Waals surface area (Å²) in [7, 11) is 3.02. The molecule has 0 aliphatic heterocycles. The molecule has 2 rings (SSSR count). The highest BCUT2D eigenvalue weighted by molar-refractivity contribution is 5.85. The largest absolute Gasteiger partial charge is 0.493 e. The molecule has 0 spiro atoms. The fourth-order valence-electron chi connectivity index (χ4n) is 1.99. The van der Waals surface area contributed by atoms with Gasteiger partial charge in [0.25, 0.3) is 0 Å². The van der Waals surface area contributed by atoms with Crippen LogP contribution < -0.4 is 15.2 Å². The average Bonchev–Trinajstić information content (AvgIpc) is 3.12. The summed E-state index contributed by atoms with van der Waals surface area (Å²) in [5.74, 6) is 1.26. The number of hydrogen-bond acceptors (Lipinski definition) is 3. The lowest BCUT2D eigenvalue weighted by molar-refractivity contribution is 0.350. The molecule has 0 radical (unpaired) electrons. The van der Waals surface area contributed by atoms with E-state index in [1.165, 1.54) is 33.1 Å². The standard InChI is InChI=1S/C13H18FNO2.ClH/c1-16-12-6-9(10(14)7-13(12)17-2)11(15)5-8-3-4-8;/h6-8,11H,3-5,15H2,1-2H3;1H/t11-;/m0./s1. The molecule has 2 N–H and O–H groups in total. The third-order valence-electron chi connectivity index (χ3n) is 3.19. The van der Waals surface area contributed by atoms with Crippen LogP contribution >= 0.6 is 12.4 Å². The highest BCUT2D eigenvalue weighted by Gasteiger charge is 2.26. The van der Waals surface area contributed by atoms with E-state index in [2.05, 4.69) is 0 Å². The fraction of sp³-hybridized carbons (Fsp3) is 0.538. The predicted molar refractivity (Wildman–Crippen MR) is 71.0 cm³/mol. The minimum atomic E-state index is -0.323. The molecule has 0 heterocycles. The van der Waals surface area contributed by atoms with Crippen LogP contribution in [0.3, 0.4) is 0 Å². The van der Waals surface area contributed by atoms with E-state index in [9.17, 15) is 4.39 Å². The Bertz CT molecular complexity index is 410. The summed E-state index contributed by atoms with van der Waals surface area (Å²) >= 11 is 0. The SMILES string of the molecule is COc1cc(F)c([C@@H](N)CC2CC2)cc1OC.Cl. The Balaban J connectivity index is 0.00000162. The molecule has 1 saturated carbocycles. The van der Waals surface area contributed by atoms with Crippen LogP contribution in [0.5, 0.6) is 11.5 Å². The van der Waals surface area contributed by atoms with E-state index < -0.39 is 0 Å². The lowest BCUT2D eigenvalue weighted by atomic mass is 10.0. The second-order valence-electron chi connectivity index (χ2n) is 4.51. The minimum absolute atomic E-state index is 0. The smallest absolute Gasteiger partial charge is 0.163 e. The molecule has 102 valence electrons. The zero-order valence-electron chi connectivity index (χ0n) is 10.6. The Labute approximate surface area is 113 Å². The number of benzene rings is 1. The maximum absolute atomic E-state index is 13.9. The van der Waals surface area contributed by atoms with Crippen molar-refractivity contribution >= 4 is 12.4 Å². The maximum atomic E-state index is 13.9. The highest BCUT2D eigenvalue weighted by atomic mass is 35.5. The number of rotatable bonds is 5. The van der Waals surface area contributed by atoms with Gasteiger partial charge in [0.05, 0.1) is 14.2 Å². The third-order valence-corrected chi connectivity index (χ3v) is 3.19. The van der Waals surface area contributed by atoms with Crippen molar-refractivity contribution in [3.8, 4) is 11.5 Å². The van der Waals surface area contributed by atoms with Crippen molar-refractivity contribution < 1.29 is 13.9 Å². The van der Waals surface area contributed by atoms with E-state index >= 15 is 0 Å². The Morgan fingerprint density at radius 1 is 1.28 bits per heavy atom. The van der Waals surface area contributed by atoms with Crippen molar-refractivity contribution in [3.05, 3.63) is 23.5 Å². The van der Waals surface area contributed by atoms with Gasteiger partial charge >= 0.3 is 0 Å². The summed E-state index contributed by atoms with van der Waals surface area (Å²) in [6, 6.07) is 2.71. The van der Waals surface area contributed by atoms with Gasteiger partial charge in [-0.1, -0.05) is 12.8 Å². The van der Waals surface area contributed by atoms with E-state index in [0.29, 0.717) is 23.0 Å². The van der Waals surface area contributed by atoms with Crippen molar-refractivity contribution in [1.82, 2.24) is 0 Å². The Morgan fingerprint density at radius 3 is 2.33 bits per heavy atom. The lowest BCUT2D eigenvalue weighted by Crippen LogP contribution is -2.13. The molecule has 1 aromatic rings. The van der Waals surface area contributed by atoms with E-state index in [1.54, 1.807) is 6.07 Å². The van der Waals surface area contributed by atoms with Gasteiger partial charge in [0.1, 0.15) is 5.82 Å². The van der Waals surface area contributed by atoms with Crippen LogP contribution in [0.2, 0.25) is 0 Å². The molecule has 0 aromatic heterocycles. The third kappa shape index (κ3) is 3.27. The molecule has 0 saturated heterocycles. The van der Waals surface area contributed by atoms with Crippen LogP contribution in [-0.2, 0) is 0 Å². The van der Waals surface area contributed by atoms with Gasteiger partial charge in [0.15, 0.2) is 11.5 Å². The van der Waals surface area contributed by atoms with E-state index in [4.69, 9.17) is 15.2 Å². The van der Waals surface area contributed by atoms with E-state index in [0.717, 1.165) is 6.42 Å². The minimum Gasteiger partial charge on any atom is -0.493 e. The number of ether oxygens (including phenoxy) is 2. The fourth-order valence-corrected chi connectivity index (χ4v) is 1.99. The summed E-state index contributed by atoms with van der Waals surface area (Å²) in [4.78, 5) is 0. The number of halogens is 2. The summed E-state index contributed by atoms with van der Waals surface area (Å²) in [6.45, 7) is 0. The molecule has 3 nitrogen and oxygen atoms in total. The Morgan fingerprint density at radius 2 is 1.83 bits per heavy atom. The molecule has 0 bridgehead atoms. The monoisotopic (exact) mass is 275 g/mol. The van der Waals surface area contributed by atoms with Gasteiger partial charge in [-0.2, -0.15) is 0 Å². The van der Waals surface area contributed by atoms with E-state index in [1.807, 2.05) is 0 Å². The topological polar surface area (TPSA) is 44.5 Å². The number of hydrogen-bond donors (Lipinski definition) is 1. The summed E-state index contributed by atoms with van der Waals surface area (Å²) in [6.07, 6.45) is 3.26. The quantitative estimate of drug-likeness (QED) is 0.898. The lowest BCUT2D eigenvalue weighted by Gasteiger charge is -2.15. The zero-order chi connectivity index (χ0) is 12.4. The molecule has 1 fully saturated rings. The molecule has 5 heteroatoms. The van der Waals surface area contributed by atoms with Crippen LogP contribution in [-0.4, -0.2) is 14.2 Å². The van der Waals surface area contributed by atoms with E-state index in [-0.39, 0.29) is 24.3 Å². The summed E-state index contributed by atoms with van der Waals surface area (Å²) in [5, 5.41) is 0. The van der Waals surface area contributed by atoms with Crippen LogP contribution in [0.25, 0.3) is 0 Å². The first-order valence-electron chi connectivity index (χ1n) is 5.82. The van der Waals surface area contributed by atoms with Crippen LogP contribution in [0.4, 0.5) is 4.39 Å². The molecular formula is C13H19ClFNO2. The van der Waals surface area contributed by atoms with Gasteiger partial charge in [-0.15, -0.1) is 12.4 Å². The molecule has 0 unspecified atom stereocenters. The van der Waals surface area contributed by atoms with Gasteiger partial charge in [0.2, 0.25) is 0 Å². The second-order valence-corrected chi connectivity index (χ2v) is 4.51. The molecule has 0 amide bonds. The van der Waals surface area contributed by atoms with Crippen molar-refractivity contribution in [2.75, 3.05) is 14.2 Å². The van der Waals surface area contributed by atoms with Crippen LogP contribution in [0.15, 0.2) is 12.1 Å². The Kier molecular flexibility index (Phi) is 5.23. The highest BCUT2D eigenvalue weighted by Crippen LogP contribution is 2.39. The first-order chi connectivity index (χ1) is 8.15. The first kappa shape index (κ1) is 15.1.